The summed E-state index contributed by atoms with van der Waals surface area (Å²) in [5.74, 6) is 0. The summed E-state index contributed by atoms with van der Waals surface area (Å²) in [6.07, 6.45) is -0.998. The maximum Gasteiger partial charge on any atom is 2.00 e. The van der Waals surface area contributed by atoms with Gasteiger partial charge in [-0.15, -0.1) is 0 Å². The zero-order chi connectivity index (χ0) is 10.9. The minimum atomic E-state index is -5.63. The van der Waals surface area contributed by atoms with Gasteiger partial charge in [0, 0.05) is 6.42 Å². The van der Waals surface area contributed by atoms with Gasteiger partial charge >= 0.3 is 19.5 Å². The van der Waals surface area contributed by atoms with E-state index in [0.29, 0.717) is 0 Å². The van der Waals surface area contributed by atoms with Gasteiger partial charge < -0.3 is 39.5 Å². The van der Waals surface area contributed by atoms with E-state index in [1.807, 2.05) is 0 Å². The van der Waals surface area contributed by atoms with E-state index in [0.717, 1.165) is 0 Å². The molecule has 2 atom stereocenters. The van der Waals surface area contributed by atoms with E-state index in [4.69, 9.17) is 20.6 Å². The summed E-state index contributed by atoms with van der Waals surface area (Å²) in [5, 5.41) is 5.36. The van der Waals surface area contributed by atoms with E-state index < -0.39 is 33.2 Å². The topological polar surface area (TPSA) is 167 Å². The molecule has 0 spiro atoms. The monoisotopic (exact) mass is 297 g/mol. The molecule has 0 saturated carbocycles. The van der Waals surface area contributed by atoms with Crippen molar-refractivity contribution in [2.75, 3.05) is 6.54 Å². The molecule has 0 fully saturated rings. The fraction of sp³-hybridized carbons (Fsp3) is 1.00. The van der Waals surface area contributed by atoms with Crippen LogP contribution in [0.25, 0.3) is 0 Å². The molecule has 14 heavy (non-hydrogen) atoms. The van der Waals surface area contributed by atoms with Crippen LogP contribution in [-0.4, -0.2) is 26.5 Å². The number of nitrogens with two attached hydrogens (primary N) is 1. The smallest absolute Gasteiger partial charge is 0.776 e. The molecular weight excluding hydrogens is 289 g/mol. The second-order valence-corrected chi connectivity index (χ2v) is 6.27. The minimum Gasteiger partial charge on any atom is -0.776 e. The first-order valence-corrected chi connectivity index (χ1v) is 6.22. The quantitative estimate of drug-likeness (QED) is 0.316. The summed E-state index contributed by atoms with van der Waals surface area (Å²) in [7, 11) is -11.3. The zero-order valence-corrected chi connectivity index (χ0v) is 11.8. The van der Waals surface area contributed by atoms with Crippen LogP contribution in [0.3, 0.4) is 0 Å². The second kappa shape index (κ2) is 5.26. The SMILES string of the molecule is NCCC(O)(P(=O)([O-])O)P(=O)([O-])O.[Zn+2]. The summed E-state index contributed by atoms with van der Waals surface area (Å²) in [4.78, 5) is 37.6. The third-order valence-corrected chi connectivity index (χ3v) is 5.16. The van der Waals surface area contributed by atoms with E-state index in [1.54, 1.807) is 0 Å². The number of hydrogen-bond donors (Lipinski definition) is 4. The predicted octanol–water partition coefficient (Wildman–Crippen LogP) is -2.93. The van der Waals surface area contributed by atoms with Gasteiger partial charge in [0.1, 0.15) is 0 Å². The van der Waals surface area contributed by atoms with E-state index in [1.165, 1.54) is 0 Å². The Hall–Kier alpha value is 0.843. The van der Waals surface area contributed by atoms with Crippen molar-refractivity contribution in [3.8, 4) is 0 Å². The van der Waals surface area contributed by atoms with Gasteiger partial charge in [0.2, 0.25) is 0 Å². The van der Waals surface area contributed by atoms with Gasteiger partial charge in [-0.05, 0) is 6.54 Å². The van der Waals surface area contributed by atoms with Crippen LogP contribution >= 0.6 is 15.2 Å². The largest absolute Gasteiger partial charge is 2.00 e. The molecule has 0 aliphatic heterocycles. The van der Waals surface area contributed by atoms with Crippen LogP contribution in [0.1, 0.15) is 6.42 Å². The molecule has 80 valence electrons. The molecule has 0 aromatic rings. The molecule has 0 aromatic carbocycles. The Morgan fingerprint density at radius 1 is 1.21 bits per heavy atom. The maximum atomic E-state index is 10.4. The molecule has 0 amide bonds. The molecule has 0 heterocycles. The predicted molar refractivity (Wildman–Crippen MR) is 38.3 cm³/mol. The van der Waals surface area contributed by atoms with Crippen molar-refractivity contribution >= 4 is 15.2 Å². The maximum absolute atomic E-state index is 10.4. The molecule has 11 heteroatoms. The minimum absolute atomic E-state index is 0. The van der Waals surface area contributed by atoms with Crippen molar-refractivity contribution in [2.24, 2.45) is 5.73 Å². The molecule has 2 unspecified atom stereocenters. The molecule has 0 rings (SSSR count). The van der Waals surface area contributed by atoms with Gasteiger partial charge in [0.15, 0.2) is 20.3 Å². The normalized spacial score (nSPS) is 23.9. The number of hydrogen-bond acceptors (Lipinski definition) is 6. The van der Waals surface area contributed by atoms with Gasteiger partial charge in [0.25, 0.3) is 0 Å². The van der Waals surface area contributed by atoms with Crippen molar-refractivity contribution in [1.29, 1.82) is 0 Å². The fourth-order valence-corrected chi connectivity index (χ4v) is 2.74. The summed E-state index contributed by atoms with van der Waals surface area (Å²) in [6.45, 7) is -0.532. The summed E-state index contributed by atoms with van der Waals surface area (Å²) in [6, 6.07) is 0. The standard InChI is InChI=1S/C3H11NO7P2.Zn/c4-2-1-3(5,12(6,7)8)13(9,10)11;/h5H,1-2,4H2,(H2,6,7,8)(H2,9,10,11);/q;+2/p-2. The van der Waals surface area contributed by atoms with Crippen LogP contribution in [0, 0.1) is 0 Å². The zero-order valence-electron chi connectivity index (χ0n) is 7.07. The van der Waals surface area contributed by atoms with Crippen molar-refractivity contribution < 1.29 is 53.3 Å². The van der Waals surface area contributed by atoms with Gasteiger partial charge in [-0.1, -0.05) is 0 Å². The van der Waals surface area contributed by atoms with Crippen LogP contribution in [-0.2, 0) is 28.6 Å². The summed E-state index contributed by atoms with van der Waals surface area (Å²) < 4.78 is 20.9. The number of aliphatic hydroxyl groups is 1. The first kappa shape index (κ1) is 17.2. The Kier molecular flexibility index (Phi) is 6.47. The molecule has 8 nitrogen and oxygen atoms in total. The van der Waals surface area contributed by atoms with E-state index >= 15 is 0 Å². The van der Waals surface area contributed by atoms with Crippen LogP contribution in [0.2, 0.25) is 0 Å². The van der Waals surface area contributed by atoms with Crippen LogP contribution in [0.4, 0.5) is 0 Å². The Labute approximate surface area is 92.6 Å². The third kappa shape index (κ3) is 3.45. The molecule has 0 aliphatic carbocycles. The van der Waals surface area contributed by atoms with Crippen molar-refractivity contribution in [3.05, 3.63) is 0 Å². The van der Waals surface area contributed by atoms with Crippen LogP contribution < -0.4 is 15.5 Å². The van der Waals surface area contributed by atoms with Crippen molar-refractivity contribution in [2.45, 2.75) is 11.5 Å². The van der Waals surface area contributed by atoms with Gasteiger partial charge in [-0.3, -0.25) is 0 Å². The fourth-order valence-electron chi connectivity index (χ4n) is 0.636. The molecular formula is C3H9NO7P2Zn. The molecule has 0 bridgehead atoms. The number of rotatable bonds is 4. The molecule has 0 radical (unpaired) electrons. The molecule has 5 N–H and O–H groups in total. The average Bonchev–Trinajstić information content (AvgIpc) is 1.82. The van der Waals surface area contributed by atoms with E-state index in [2.05, 4.69) is 0 Å². The molecule has 0 aliphatic rings. The van der Waals surface area contributed by atoms with Crippen LogP contribution in [0.15, 0.2) is 0 Å². The van der Waals surface area contributed by atoms with Gasteiger partial charge in [-0.25, -0.2) is 0 Å². The second-order valence-electron chi connectivity index (χ2n) is 2.35. The van der Waals surface area contributed by atoms with Crippen molar-refractivity contribution in [1.82, 2.24) is 0 Å². The first-order chi connectivity index (χ1) is 5.56. The third-order valence-electron chi connectivity index (χ3n) is 1.38. The molecule has 0 saturated heterocycles. The molecule has 0 aromatic heterocycles. The van der Waals surface area contributed by atoms with E-state index in [-0.39, 0.29) is 19.5 Å². The summed E-state index contributed by atoms with van der Waals surface area (Å²) in [5.41, 5.74) is 4.81. The van der Waals surface area contributed by atoms with Crippen molar-refractivity contribution in [3.63, 3.8) is 0 Å². The Balaban J connectivity index is 0. The Bertz CT molecular complexity index is 248. The summed E-state index contributed by atoms with van der Waals surface area (Å²) >= 11 is 0. The Morgan fingerprint density at radius 2 is 1.50 bits per heavy atom. The first-order valence-electron chi connectivity index (χ1n) is 3.06. The van der Waals surface area contributed by atoms with Gasteiger partial charge in [-0.2, -0.15) is 0 Å². The average molecular weight is 298 g/mol. The van der Waals surface area contributed by atoms with Crippen LogP contribution in [0.5, 0.6) is 0 Å². The van der Waals surface area contributed by atoms with E-state index in [9.17, 15) is 18.9 Å². The van der Waals surface area contributed by atoms with Gasteiger partial charge in [0.05, 0.1) is 0 Å². The Morgan fingerprint density at radius 3 is 1.57 bits per heavy atom.